The highest BCUT2D eigenvalue weighted by molar-refractivity contribution is 9.10. The zero-order chi connectivity index (χ0) is 14.5. The van der Waals surface area contributed by atoms with Crippen molar-refractivity contribution in [2.45, 2.75) is 19.4 Å². The van der Waals surface area contributed by atoms with Crippen LogP contribution in [0.25, 0.3) is 0 Å². The number of rotatable bonds is 5. The van der Waals surface area contributed by atoms with E-state index < -0.39 is 0 Å². The first kappa shape index (κ1) is 15.0. The van der Waals surface area contributed by atoms with Gasteiger partial charge in [0.05, 0.1) is 6.54 Å². The van der Waals surface area contributed by atoms with E-state index in [2.05, 4.69) is 33.5 Å². The number of hydrogen-bond donors (Lipinski definition) is 2. The number of imide groups is 1. The average Bonchev–Trinajstić information content (AvgIpc) is 2.87. The fraction of sp³-hybridized carbons (Fsp3) is 0.429. The van der Waals surface area contributed by atoms with Gasteiger partial charge in [-0.05, 0) is 18.1 Å². The summed E-state index contributed by atoms with van der Waals surface area (Å²) >= 11 is 3.52. The van der Waals surface area contributed by atoms with Gasteiger partial charge in [0.1, 0.15) is 0 Å². The highest BCUT2D eigenvalue weighted by Crippen LogP contribution is 2.25. The molecule has 1 aliphatic rings. The Labute approximate surface area is 126 Å². The smallest absolute Gasteiger partial charge is 0.324 e. The summed E-state index contributed by atoms with van der Waals surface area (Å²) in [6.07, 6.45) is 0.863. The lowest BCUT2D eigenvalue weighted by atomic mass is 10.0. The summed E-state index contributed by atoms with van der Waals surface area (Å²) in [6.45, 7) is 3.20. The van der Waals surface area contributed by atoms with Gasteiger partial charge in [0, 0.05) is 23.6 Å². The van der Waals surface area contributed by atoms with E-state index in [1.807, 2.05) is 24.3 Å². The molecule has 0 spiro atoms. The number of amides is 3. The van der Waals surface area contributed by atoms with E-state index in [0.29, 0.717) is 13.1 Å². The Morgan fingerprint density at radius 2 is 2.25 bits per heavy atom. The van der Waals surface area contributed by atoms with Crippen LogP contribution in [0.15, 0.2) is 28.7 Å². The summed E-state index contributed by atoms with van der Waals surface area (Å²) in [6, 6.07) is 7.72. The van der Waals surface area contributed by atoms with Crippen molar-refractivity contribution in [3.05, 3.63) is 34.3 Å². The Morgan fingerprint density at radius 3 is 2.85 bits per heavy atom. The molecule has 3 amide bonds. The van der Waals surface area contributed by atoms with E-state index in [1.165, 1.54) is 4.90 Å². The van der Waals surface area contributed by atoms with Crippen molar-refractivity contribution in [1.82, 2.24) is 15.5 Å². The number of carbonyl (C=O) groups excluding carboxylic acids is 2. The molecule has 2 rings (SSSR count). The molecule has 6 heteroatoms. The molecule has 1 aliphatic heterocycles. The molecule has 0 radical (unpaired) electrons. The number of halogens is 1. The topological polar surface area (TPSA) is 61.4 Å². The maximum atomic E-state index is 12.0. The van der Waals surface area contributed by atoms with Gasteiger partial charge in [-0.2, -0.15) is 0 Å². The van der Waals surface area contributed by atoms with Crippen molar-refractivity contribution in [3.8, 4) is 0 Å². The van der Waals surface area contributed by atoms with Crippen LogP contribution in [0.3, 0.4) is 0 Å². The zero-order valence-corrected chi connectivity index (χ0v) is 12.9. The molecule has 2 N–H and O–H groups in total. The van der Waals surface area contributed by atoms with Crippen molar-refractivity contribution in [3.63, 3.8) is 0 Å². The van der Waals surface area contributed by atoms with Crippen molar-refractivity contribution < 1.29 is 9.59 Å². The second-order valence-electron chi connectivity index (χ2n) is 4.64. The summed E-state index contributed by atoms with van der Waals surface area (Å²) in [4.78, 5) is 24.6. The molecule has 1 heterocycles. The lowest BCUT2D eigenvalue weighted by Crippen LogP contribution is -2.41. The van der Waals surface area contributed by atoms with Crippen LogP contribution in [0, 0.1) is 0 Å². The van der Waals surface area contributed by atoms with Gasteiger partial charge >= 0.3 is 6.03 Å². The van der Waals surface area contributed by atoms with Gasteiger partial charge < -0.3 is 10.6 Å². The van der Waals surface area contributed by atoms with E-state index in [-0.39, 0.29) is 24.5 Å². The maximum Gasteiger partial charge on any atom is 0.324 e. The van der Waals surface area contributed by atoms with Gasteiger partial charge in [-0.3, -0.25) is 9.69 Å². The second kappa shape index (κ2) is 6.85. The fourth-order valence-corrected chi connectivity index (χ4v) is 2.81. The molecule has 20 heavy (non-hydrogen) atoms. The van der Waals surface area contributed by atoms with Gasteiger partial charge in [-0.25, -0.2) is 4.79 Å². The minimum atomic E-state index is -0.300. The Balaban J connectivity index is 1.96. The second-order valence-corrected chi connectivity index (χ2v) is 5.49. The molecule has 1 fully saturated rings. The zero-order valence-electron chi connectivity index (χ0n) is 11.4. The number of nitrogens with one attached hydrogen (secondary N) is 2. The molecule has 1 aromatic carbocycles. The molecule has 5 nitrogen and oxygen atoms in total. The van der Waals surface area contributed by atoms with Crippen LogP contribution >= 0.6 is 15.9 Å². The van der Waals surface area contributed by atoms with E-state index in [4.69, 9.17) is 0 Å². The van der Waals surface area contributed by atoms with E-state index in [1.54, 1.807) is 0 Å². The van der Waals surface area contributed by atoms with Crippen molar-refractivity contribution >= 4 is 27.9 Å². The standard InChI is InChI=1S/C14H18BrN3O2/c1-2-12(10-5-3-4-6-11(10)15)17-9-13(19)18-8-7-16-14(18)20/h3-6,12,17H,2,7-9H2,1H3,(H,16,20)/t12-/m1/s1. The van der Waals surface area contributed by atoms with Crippen LogP contribution in [0.5, 0.6) is 0 Å². The number of carbonyl (C=O) groups is 2. The van der Waals surface area contributed by atoms with Gasteiger partial charge in [0.25, 0.3) is 0 Å². The van der Waals surface area contributed by atoms with E-state index in [9.17, 15) is 9.59 Å². The average molecular weight is 340 g/mol. The number of hydrogen-bond acceptors (Lipinski definition) is 3. The van der Waals surface area contributed by atoms with Crippen LogP contribution in [0.2, 0.25) is 0 Å². The number of urea groups is 1. The maximum absolute atomic E-state index is 12.0. The Bertz CT molecular complexity index is 507. The first-order chi connectivity index (χ1) is 9.63. The van der Waals surface area contributed by atoms with Gasteiger partial charge in [0.2, 0.25) is 5.91 Å². The quantitative estimate of drug-likeness (QED) is 0.862. The first-order valence-electron chi connectivity index (χ1n) is 6.69. The SMILES string of the molecule is CC[C@@H](NCC(=O)N1CCNC1=O)c1ccccc1Br. The predicted molar refractivity (Wildman–Crippen MR) is 80.3 cm³/mol. The predicted octanol–water partition coefficient (Wildman–Crippen LogP) is 2.04. The lowest BCUT2D eigenvalue weighted by Gasteiger charge is -2.20. The third kappa shape index (κ3) is 3.37. The third-order valence-corrected chi connectivity index (χ3v) is 4.07. The van der Waals surface area contributed by atoms with Crippen LogP contribution in [0.1, 0.15) is 24.9 Å². The number of benzene rings is 1. The van der Waals surface area contributed by atoms with E-state index in [0.717, 1.165) is 16.5 Å². The highest BCUT2D eigenvalue weighted by Gasteiger charge is 2.26. The minimum Gasteiger partial charge on any atom is -0.336 e. The first-order valence-corrected chi connectivity index (χ1v) is 7.48. The minimum absolute atomic E-state index is 0.0835. The summed E-state index contributed by atoms with van der Waals surface area (Å²) in [5.41, 5.74) is 1.12. The fourth-order valence-electron chi connectivity index (χ4n) is 2.25. The highest BCUT2D eigenvalue weighted by atomic mass is 79.9. The molecule has 1 atom stereocenters. The molecule has 0 unspecified atom stereocenters. The Kier molecular flexibility index (Phi) is 5.14. The van der Waals surface area contributed by atoms with Crippen LogP contribution in [0.4, 0.5) is 4.79 Å². The van der Waals surface area contributed by atoms with E-state index >= 15 is 0 Å². The van der Waals surface area contributed by atoms with Crippen molar-refractivity contribution in [2.24, 2.45) is 0 Å². The normalized spacial score (nSPS) is 16.1. The monoisotopic (exact) mass is 339 g/mol. The lowest BCUT2D eigenvalue weighted by molar-refractivity contribution is -0.126. The molecule has 108 valence electrons. The van der Waals surface area contributed by atoms with Gasteiger partial charge in [-0.1, -0.05) is 41.1 Å². The number of nitrogens with zero attached hydrogens (tertiary/aromatic N) is 1. The van der Waals surface area contributed by atoms with Gasteiger partial charge in [0.15, 0.2) is 0 Å². The van der Waals surface area contributed by atoms with Crippen molar-refractivity contribution in [2.75, 3.05) is 19.6 Å². The molecule has 0 aliphatic carbocycles. The molecule has 1 saturated heterocycles. The molecule has 0 aromatic heterocycles. The third-order valence-electron chi connectivity index (χ3n) is 3.35. The summed E-state index contributed by atoms with van der Waals surface area (Å²) in [5.74, 6) is -0.189. The van der Waals surface area contributed by atoms with Crippen LogP contribution < -0.4 is 10.6 Å². The molecule has 1 aromatic rings. The Morgan fingerprint density at radius 1 is 1.50 bits per heavy atom. The summed E-state index contributed by atoms with van der Waals surface area (Å²) < 4.78 is 1.02. The molecule has 0 bridgehead atoms. The molecule has 0 saturated carbocycles. The summed E-state index contributed by atoms with van der Waals surface area (Å²) in [7, 11) is 0. The van der Waals surface area contributed by atoms with Crippen molar-refractivity contribution in [1.29, 1.82) is 0 Å². The van der Waals surface area contributed by atoms with Crippen LogP contribution in [-0.4, -0.2) is 36.5 Å². The van der Waals surface area contributed by atoms with Crippen LogP contribution in [-0.2, 0) is 4.79 Å². The van der Waals surface area contributed by atoms with Gasteiger partial charge in [-0.15, -0.1) is 0 Å². The Hall–Kier alpha value is -1.40. The largest absolute Gasteiger partial charge is 0.336 e. The summed E-state index contributed by atoms with van der Waals surface area (Å²) in [5, 5.41) is 5.85. The molecular formula is C14H18BrN3O2. The molecular weight excluding hydrogens is 322 g/mol.